The molecule has 5 heteroatoms. The molecule has 1 aromatic rings. The molecule has 3 aliphatic rings. The first-order valence-corrected chi connectivity index (χ1v) is 11.7. The van der Waals surface area contributed by atoms with Gasteiger partial charge in [0.25, 0.3) is 0 Å². The maximum absolute atomic E-state index is 13.1. The van der Waals surface area contributed by atoms with E-state index >= 15 is 0 Å². The summed E-state index contributed by atoms with van der Waals surface area (Å²) in [7, 11) is 3.17. The molecule has 1 aliphatic heterocycles. The normalized spacial score (nSPS) is 32.4. The van der Waals surface area contributed by atoms with Crippen LogP contribution < -0.4 is 0 Å². The van der Waals surface area contributed by atoms with Gasteiger partial charge in [-0.05, 0) is 66.9 Å². The molecule has 0 N–H and O–H groups in total. The summed E-state index contributed by atoms with van der Waals surface area (Å²) in [5.41, 5.74) is 3.08. The van der Waals surface area contributed by atoms with Crippen molar-refractivity contribution in [2.45, 2.75) is 76.7 Å². The lowest BCUT2D eigenvalue weighted by atomic mass is 9.59. The zero-order chi connectivity index (χ0) is 22.6. The zero-order valence-electron chi connectivity index (χ0n) is 20.0. The highest BCUT2D eigenvalue weighted by atomic mass is 16.5. The fraction of sp³-hybridized carbons (Fsp3) is 0.692. The van der Waals surface area contributed by atoms with Crippen LogP contribution in [-0.4, -0.2) is 54.6 Å². The molecule has 0 radical (unpaired) electrons. The van der Waals surface area contributed by atoms with Crippen molar-refractivity contribution in [2.75, 3.05) is 27.2 Å². The Labute approximate surface area is 187 Å². The second-order valence-corrected chi connectivity index (χ2v) is 11.6. The third-order valence-electron chi connectivity index (χ3n) is 8.31. The fourth-order valence-electron chi connectivity index (χ4n) is 6.00. The molecule has 5 nitrogen and oxygen atoms in total. The second-order valence-electron chi connectivity index (χ2n) is 11.6. The molecule has 170 valence electrons. The SMILES string of the molecule is COC(=O)N(C)[C@]1(C)C[C@H](C(=O)N2CCC3(CC(c4cccc(C(C)(C)C)c4)C3)C2)C1. The van der Waals surface area contributed by atoms with Crippen molar-refractivity contribution in [2.24, 2.45) is 11.3 Å². The number of benzene rings is 1. The van der Waals surface area contributed by atoms with E-state index in [0.717, 1.165) is 32.4 Å². The molecular formula is C26H38N2O3. The van der Waals surface area contributed by atoms with Crippen molar-refractivity contribution >= 4 is 12.0 Å². The Morgan fingerprint density at radius 2 is 1.84 bits per heavy atom. The van der Waals surface area contributed by atoms with E-state index in [1.165, 1.54) is 31.1 Å². The van der Waals surface area contributed by atoms with E-state index in [0.29, 0.717) is 11.3 Å². The largest absolute Gasteiger partial charge is 0.453 e. The Morgan fingerprint density at radius 3 is 2.45 bits per heavy atom. The van der Waals surface area contributed by atoms with Crippen LogP contribution in [0.5, 0.6) is 0 Å². The van der Waals surface area contributed by atoms with E-state index in [1.54, 1.807) is 11.9 Å². The summed E-state index contributed by atoms with van der Waals surface area (Å²) >= 11 is 0. The molecule has 3 fully saturated rings. The molecule has 31 heavy (non-hydrogen) atoms. The van der Waals surface area contributed by atoms with Crippen molar-refractivity contribution in [3.8, 4) is 0 Å². The number of rotatable bonds is 3. The van der Waals surface area contributed by atoms with Gasteiger partial charge in [-0.3, -0.25) is 4.79 Å². The summed E-state index contributed by atoms with van der Waals surface area (Å²) in [5.74, 6) is 0.940. The average molecular weight is 427 g/mol. The lowest BCUT2D eigenvalue weighted by Crippen LogP contribution is -2.59. The summed E-state index contributed by atoms with van der Waals surface area (Å²) in [6.07, 6.45) is 4.63. The maximum Gasteiger partial charge on any atom is 0.409 e. The Balaban J connectivity index is 1.31. The highest BCUT2D eigenvalue weighted by molar-refractivity contribution is 5.81. The van der Waals surface area contributed by atoms with Crippen LogP contribution in [0.1, 0.15) is 76.8 Å². The van der Waals surface area contributed by atoms with Gasteiger partial charge in [-0.15, -0.1) is 0 Å². The number of likely N-dealkylation sites (tertiary alicyclic amines) is 1. The topological polar surface area (TPSA) is 49.9 Å². The van der Waals surface area contributed by atoms with Crippen LogP contribution in [0.15, 0.2) is 24.3 Å². The van der Waals surface area contributed by atoms with Gasteiger partial charge in [0.2, 0.25) is 5.91 Å². The molecule has 0 aromatic heterocycles. The highest BCUT2D eigenvalue weighted by Crippen LogP contribution is 2.56. The molecule has 1 heterocycles. The lowest BCUT2D eigenvalue weighted by molar-refractivity contribution is -0.143. The van der Waals surface area contributed by atoms with Gasteiger partial charge in [0.05, 0.1) is 7.11 Å². The summed E-state index contributed by atoms with van der Waals surface area (Å²) in [6.45, 7) is 10.6. The number of carbonyl (C=O) groups excluding carboxylic acids is 2. The predicted octanol–water partition coefficient (Wildman–Crippen LogP) is 4.95. The van der Waals surface area contributed by atoms with Crippen LogP contribution in [0.25, 0.3) is 0 Å². The van der Waals surface area contributed by atoms with E-state index in [9.17, 15) is 9.59 Å². The van der Waals surface area contributed by atoms with Crippen molar-refractivity contribution in [3.05, 3.63) is 35.4 Å². The van der Waals surface area contributed by atoms with E-state index in [1.807, 2.05) is 6.92 Å². The van der Waals surface area contributed by atoms with Crippen molar-refractivity contribution < 1.29 is 14.3 Å². The monoisotopic (exact) mass is 426 g/mol. The Kier molecular flexibility index (Phi) is 5.38. The van der Waals surface area contributed by atoms with Gasteiger partial charge in [0.15, 0.2) is 0 Å². The van der Waals surface area contributed by atoms with Crippen LogP contribution in [0, 0.1) is 11.3 Å². The molecule has 1 spiro atoms. The van der Waals surface area contributed by atoms with E-state index < -0.39 is 0 Å². The van der Waals surface area contributed by atoms with Gasteiger partial charge in [0.1, 0.15) is 0 Å². The van der Waals surface area contributed by atoms with Gasteiger partial charge < -0.3 is 14.5 Å². The molecular weight excluding hydrogens is 388 g/mol. The van der Waals surface area contributed by atoms with Crippen LogP contribution in [0.3, 0.4) is 0 Å². The van der Waals surface area contributed by atoms with Crippen molar-refractivity contribution in [1.82, 2.24) is 9.80 Å². The quantitative estimate of drug-likeness (QED) is 0.687. The Bertz CT molecular complexity index is 860. The summed E-state index contributed by atoms with van der Waals surface area (Å²) in [5, 5.41) is 0. The third kappa shape index (κ3) is 3.96. The number of amides is 2. The highest BCUT2D eigenvalue weighted by Gasteiger charge is 2.53. The van der Waals surface area contributed by atoms with Crippen LogP contribution >= 0.6 is 0 Å². The summed E-state index contributed by atoms with van der Waals surface area (Å²) in [6, 6.07) is 9.10. The van der Waals surface area contributed by atoms with Gasteiger partial charge in [0, 0.05) is 31.6 Å². The minimum absolute atomic E-state index is 0.0339. The Morgan fingerprint density at radius 1 is 1.16 bits per heavy atom. The minimum atomic E-state index is -0.329. The van der Waals surface area contributed by atoms with Crippen molar-refractivity contribution in [1.29, 1.82) is 0 Å². The molecule has 2 saturated carbocycles. The number of carbonyl (C=O) groups is 2. The number of hydrogen-bond acceptors (Lipinski definition) is 3. The van der Waals surface area contributed by atoms with Gasteiger partial charge in [-0.2, -0.15) is 0 Å². The van der Waals surface area contributed by atoms with Crippen LogP contribution in [0.2, 0.25) is 0 Å². The smallest absolute Gasteiger partial charge is 0.409 e. The van der Waals surface area contributed by atoms with Gasteiger partial charge in [-0.25, -0.2) is 4.79 Å². The number of hydrogen-bond donors (Lipinski definition) is 0. The Hall–Kier alpha value is -2.04. The first-order valence-electron chi connectivity index (χ1n) is 11.7. The number of methoxy groups -OCH3 is 1. The number of ether oxygens (including phenoxy) is 1. The third-order valence-corrected chi connectivity index (χ3v) is 8.31. The molecule has 2 aliphatic carbocycles. The van der Waals surface area contributed by atoms with E-state index in [4.69, 9.17) is 4.74 Å². The molecule has 1 saturated heterocycles. The zero-order valence-corrected chi connectivity index (χ0v) is 20.0. The average Bonchev–Trinajstić information content (AvgIpc) is 3.14. The van der Waals surface area contributed by atoms with Gasteiger partial charge in [-0.1, -0.05) is 45.0 Å². The summed E-state index contributed by atoms with van der Waals surface area (Å²) < 4.78 is 4.84. The fourth-order valence-corrected chi connectivity index (χ4v) is 6.00. The van der Waals surface area contributed by atoms with E-state index in [2.05, 4.69) is 49.9 Å². The van der Waals surface area contributed by atoms with Crippen molar-refractivity contribution in [3.63, 3.8) is 0 Å². The minimum Gasteiger partial charge on any atom is -0.453 e. The van der Waals surface area contributed by atoms with Gasteiger partial charge >= 0.3 is 6.09 Å². The first kappa shape index (κ1) is 22.2. The first-order chi connectivity index (χ1) is 14.5. The number of nitrogens with zero attached hydrogens (tertiary/aromatic N) is 2. The van der Waals surface area contributed by atoms with Crippen LogP contribution in [-0.2, 0) is 14.9 Å². The molecule has 4 rings (SSSR count). The molecule has 0 bridgehead atoms. The standard InChI is InChI=1S/C26H38N2O3/c1-24(2,3)21-9-7-8-18(12-21)19-15-26(16-19)10-11-28(17-26)22(29)20-13-25(4,14-20)27(5)23(30)31-6/h7-9,12,19-20H,10-11,13-17H2,1-6H3/t19?,20-,25+,26?. The molecule has 1 aromatic carbocycles. The molecule has 2 amide bonds. The lowest BCUT2D eigenvalue weighted by Gasteiger charge is -2.50. The maximum atomic E-state index is 13.1. The second kappa shape index (κ2) is 7.53. The van der Waals surface area contributed by atoms with E-state index in [-0.39, 0.29) is 28.9 Å². The predicted molar refractivity (Wildman–Crippen MR) is 122 cm³/mol. The van der Waals surface area contributed by atoms with Crippen LogP contribution in [0.4, 0.5) is 4.79 Å². The summed E-state index contributed by atoms with van der Waals surface area (Å²) in [4.78, 5) is 28.7. The molecule has 0 unspecified atom stereocenters. The molecule has 0 atom stereocenters.